The van der Waals surface area contributed by atoms with Crippen molar-refractivity contribution in [2.24, 2.45) is 0 Å². The lowest BCUT2D eigenvalue weighted by Gasteiger charge is -2.35. The number of benzene rings is 2. The summed E-state index contributed by atoms with van der Waals surface area (Å²) in [4.78, 5) is 17.3. The first-order valence-corrected chi connectivity index (χ1v) is 14.4. The fraction of sp³-hybridized carbons (Fsp3) is 0.516. The summed E-state index contributed by atoms with van der Waals surface area (Å²) in [6.45, 7) is 8.05. The summed E-state index contributed by atoms with van der Waals surface area (Å²) in [5.74, 6) is 0.995. The highest BCUT2D eigenvalue weighted by molar-refractivity contribution is 5.94. The SMILES string of the molecule is Cc1ccc2cccc(N3CCCc4c(nc(OC[C@@H]5CCCN5C)nc4N4CCNC(CC#N)C4)C3)c2c1. The number of hydrogen-bond acceptors (Lipinski definition) is 8. The van der Waals surface area contributed by atoms with Gasteiger partial charge in [-0.05, 0) is 63.7 Å². The van der Waals surface area contributed by atoms with Crippen molar-refractivity contribution in [1.82, 2.24) is 20.2 Å². The van der Waals surface area contributed by atoms with Crippen LogP contribution in [-0.4, -0.2) is 73.3 Å². The van der Waals surface area contributed by atoms with E-state index < -0.39 is 0 Å². The van der Waals surface area contributed by atoms with Crippen LogP contribution in [0, 0.1) is 18.3 Å². The molecule has 0 radical (unpaired) electrons. The first kappa shape index (κ1) is 25.8. The number of rotatable bonds is 6. The summed E-state index contributed by atoms with van der Waals surface area (Å²) < 4.78 is 6.32. The van der Waals surface area contributed by atoms with Gasteiger partial charge in [0.1, 0.15) is 12.4 Å². The second-order valence-electron chi connectivity index (χ2n) is 11.3. The van der Waals surface area contributed by atoms with Crippen molar-refractivity contribution < 1.29 is 4.74 Å². The van der Waals surface area contributed by atoms with Gasteiger partial charge < -0.3 is 24.8 Å². The number of nitrogens with zero attached hydrogens (tertiary/aromatic N) is 6. The molecular formula is C31H39N7O. The molecule has 0 spiro atoms. The molecule has 6 rings (SSSR count). The van der Waals surface area contributed by atoms with Crippen LogP contribution < -0.4 is 19.9 Å². The molecule has 0 amide bonds. The molecule has 0 saturated carbocycles. The van der Waals surface area contributed by atoms with E-state index in [1.165, 1.54) is 34.0 Å². The molecule has 2 aromatic carbocycles. The van der Waals surface area contributed by atoms with Gasteiger partial charge in [0.15, 0.2) is 0 Å². The number of hydrogen-bond donors (Lipinski definition) is 1. The Hall–Kier alpha value is -3.41. The number of piperazine rings is 1. The zero-order chi connectivity index (χ0) is 26.8. The molecular weight excluding hydrogens is 486 g/mol. The first-order valence-electron chi connectivity index (χ1n) is 14.4. The molecule has 0 bridgehead atoms. The number of likely N-dealkylation sites (N-methyl/N-ethyl adjacent to an activating group) is 1. The normalized spacial score (nSPS) is 22.0. The van der Waals surface area contributed by atoms with Crippen molar-refractivity contribution in [3.8, 4) is 12.1 Å². The Bertz CT molecular complexity index is 1370. The smallest absolute Gasteiger partial charge is 0.318 e. The van der Waals surface area contributed by atoms with Crippen LogP contribution in [0.15, 0.2) is 36.4 Å². The van der Waals surface area contributed by atoms with Crippen LogP contribution in [0.25, 0.3) is 10.8 Å². The number of ether oxygens (including phenoxy) is 1. The Kier molecular flexibility index (Phi) is 7.53. The highest BCUT2D eigenvalue weighted by atomic mass is 16.5. The Morgan fingerprint density at radius 1 is 1.10 bits per heavy atom. The molecule has 3 aliphatic rings. The maximum Gasteiger partial charge on any atom is 0.318 e. The van der Waals surface area contributed by atoms with E-state index in [2.05, 4.69) is 76.5 Å². The fourth-order valence-electron chi connectivity index (χ4n) is 6.39. The lowest BCUT2D eigenvalue weighted by molar-refractivity contribution is 0.187. The van der Waals surface area contributed by atoms with Crippen molar-refractivity contribution in [2.75, 3.05) is 56.2 Å². The Morgan fingerprint density at radius 3 is 2.87 bits per heavy atom. The summed E-state index contributed by atoms with van der Waals surface area (Å²) in [7, 11) is 2.17. The molecule has 204 valence electrons. The molecule has 8 heteroatoms. The summed E-state index contributed by atoms with van der Waals surface area (Å²) in [6.07, 6.45) is 4.82. The molecule has 1 N–H and O–H groups in total. The minimum Gasteiger partial charge on any atom is -0.462 e. The molecule has 2 saturated heterocycles. The van der Waals surface area contributed by atoms with Gasteiger partial charge in [0.2, 0.25) is 0 Å². The van der Waals surface area contributed by atoms with Crippen LogP contribution >= 0.6 is 0 Å². The van der Waals surface area contributed by atoms with E-state index in [1.807, 2.05) is 0 Å². The lowest BCUT2D eigenvalue weighted by Crippen LogP contribution is -2.51. The van der Waals surface area contributed by atoms with Crippen molar-refractivity contribution in [3.05, 3.63) is 53.2 Å². The molecule has 2 fully saturated rings. The summed E-state index contributed by atoms with van der Waals surface area (Å²) in [5.41, 5.74) is 4.83. The van der Waals surface area contributed by atoms with Crippen LogP contribution in [0.2, 0.25) is 0 Å². The predicted molar refractivity (Wildman–Crippen MR) is 155 cm³/mol. The maximum absolute atomic E-state index is 9.31. The molecule has 39 heavy (non-hydrogen) atoms. The van der Waals surface area contributed by atoms with Gasteiger partial charge in [0.25, 0.3) is 0 Å². The lowest BCUT2D eigenvalue weighted by atomic mass is 10.0. The second kappa shape index (κ2) is 11.4. The van der Waals surface area contributed by atoms with E-state index in [0.29, 0.717) is 25.1 Å². The van der Waals surface area contributed by atoms with Gasteiger partial charge in [-0.15, -0.1) is 0 Å². The van der Waals surface area contributed by atoms with E-state index in [-0.39, 0.29) is 6.04 Å². The zero-order valence-corrected chi connectivity index (χ0v) is 23.2. The standard InChI is InChI=1S/C31H39N7O/c1-22-10-11-23-6-3-9-29(27(23)18-22)37-16-5-8-26-28(20-37)34-31(39-21-25-7-4-15-36(25)2)35-30(26)38-17-14-33-24(19-38)12-13-32/h3,6,9-11,18,24-25,33H,4-5,7-8,12,14-17,19-21H2,1-2H3/t24?,25-/m0/s1. The summed E-state index contributed by atoms with van der Waals surface area (Å²) >= 11 is 0. The topological polar surface area (TPSA) is 80.6 Å². The van der Waals surface area contributed by atoms with Gasteiger partial charge in [0.05, 0.1) is 24.7 Å². The molecule has 0 aliphatic carbocycles. The maximum atomic E-state index is 9.31. The van der Waals surface area contributed by atoms with E-state index >= 15 is 0 Å². The number of nitriles is 1. The van der Waals surface area contributed by atoms with Crippen molar-refractivity contribution in [3.63, 3.8) is 0 Å². The third kappa shape index (κ3) is 5.52. The average Bonchev–Trinajstić information content (AvgIpc) is 3.23. The quantitative estimate of drug-likeness (QED) is 0.516. The van der Waals surface area contributed by atoms with Gasteiger partial charge in [-0.2, -0.15) is 15.2 Å². The van der Waals surface area contributed by atoms with Crippen LogP contribution in [0.5, 0.6) is 6.01 Å². The first-order chi connectivity index (χ1) is 19.1. The average molecular weight is 526 g/mol. The number of anilines is 2. The van der Waals surface area contributed by atoms with Crippen LogP contribution in [-0.2, 0) is 13.0 Å². The molecule has 2 atom stereocenters. The van der Waals surface area contributed by atoms with Crippen molar-refractivity contribution in [2.45, 2.75) is 57.7 Å². The monoisotopic (exact) mass is 525 g/mol. The van der Waals surface area contributed by atoms with E-state index in [4.69, 9.17) is 14.7 Å². The fourth-order valence-corrected chi connectivity index (χ4v) is 6.39. The minimum atomic E-state index is 0.145. The van der Waals surface area contributed by atoms with Crippen LogP contribution in [0.4, 0.5) is 11.5 Å². The molecule has 8 nitrogen and oxygen atoms in total. The molecule has 3 aromatic rings. The predicted octanol–water partition coefficient (Wildman–Crippen LogP) is 4.06. The van der Waals surface area contributed by atoms with Gasteiger partial charge in [-0.3, -0.25) is 0 Å². The Balaban J connectivity index is 1.35. The number of aryl methyl sites for hydroxylation is 1. The molecule has 1 unspecified atom stereocenters. The summed E-state index contributed by atoms with van der Waals surface area (Å²) in [5, 5.41) is 15.4. The highest BCUT2D eigenvalue weighted by Crippen LogP contribution is 2.34. The molecule has 3 aliphatic heterocycles. The Morgan fingerprint density at radius 2 is 2.03 bits per heavy atom. The van der Waals surface area contributed by atoms with Crippen LogP contribution in [0.1, 0.15) is 42.5 Å². The number of nitrogens with one attached hydrogen (secondary N) is 1. The van der Waals surface area contributed by atoms with Crippen molar-refractivity contribution in [1.29, 1.82) is 5.26 Å². The van der Waals surface area contributed by atoms with E-state index in [1.54, 1.807) is 0 Å². The van der Waals surface area contributed by atoms with E-state index in [0.717, 1.165) is 70.0 Å². The highest BCUT2D eigenvalue weighted by Gasteiger charge is 2.29. The largest absolute Gasteiger partial charge is 0.462 e. The zero-order valence-electron chi connectivity index (χ0n) is 23.2. The third-order valence-corrected chi connectivity index (χ3v) is 8.57. The second-order valence-corrected chi connectivity index (χ2v) is 11.3. The third-order valence-electron chi connectivity index (χ3n) is 8.57. The Labute approximate surface area is 231 Å². The van der Waals surface area contributed by atoms with Gasteiger partial charge >= 0.3 is 6.01 Å². The van der Waals surface area contributed by atoms with Gasteiger partial charge in [0, 0.05) is 54.9 Å². The van der Waals surface area contributed by atoms with E-state index in [9.17, 15) is 5.26 Å². The van der Waals surface area contributed by atoms with Crippen molar-refractivity contribution >= 4 is 22.3 Å². The summed E-state index contributed by atoms with van der Waals surface area (Å²) in [6, 6.07) is 16.7. The number of likely N-dealkylation sites (tertiary alicyclic amines) is 1. The van der Waals surface area contributed by atoms with Gasteiger partial charge in [-0.1, -0.05) is 29.8 Å². The number of aromatic nitrogens is 2. The minimum absolute atomic E-state index is 0.145. The number of fused-ring (bicyclic) bond motifs is 2. The van der Waals surface area contributed by atoms with Crippen LogP contribution in [0.3, 0.4) is 0 Å². The van der Waals surface area contributed by atoms with Gasteiger partial charge in [-0.25, -0.2) is 0 Å². The molecule has 1 aromatic heterocycles. The molecule has 4 heterocycles.